The Labute approximate surface area is 119 Å². The average molecular weight is 271 g/mol. The third kappa shape index (κ3) is 4.07. The van der Waals surface area contributed by atoms with Gasteiger partial charge in [0.15, 0.2) is 0 Å². The zero-order chi connectivity index (χ0) is 14.4. The highest BCUT2D eigenvalue weighted by atomic mass is 16.4. The van der Waals surface area contributed by atoms with Crippen molar-refractivity contribution in [2.75, 3.05) is 13.6 Å². The summed E-state index contributed by atoms with van der Waals surface area (Å²) in [7, 11) is 2.09. The van der Waals surface area contributed by atoms with E-state index in [1.54, 1.807) is 0 Å². The van der Waals surface area contributed by atoms with Crippen molar-refractivity contribution in [2.45, 2.75) is 25.8 Å². The predicted octanol–water partition coefficient (Wildman–Crippen LogP) is 3.53. The molecule has 0 fully saturated rings. The molecule has 0 bridgehead atoms. The molecule has 0 saturated heterocycles. The Bertz CT molecular complexity index is 575. The van der Waals surface area contributed by atoms with Gasteiger partial charge in [0.1, 0.15) is 0 Å². The minimum absolute atomic E-state index is 0.266. The maximum Gasteiger partial charge on any atom is 0.303 e. The van der Waals surface area contributed by atoms with Gasteiger partial charge < -0.3 is 10.0 Å². The molecule has 0 saturated carbocycles. The number of rotatable bonds is 7. The summed E-state index contributed by atoms with van der Waals surface area (Å²) in [5.41, 5.74) is 1.32. The third-order valence-electron chi connectivity index (χ3n) is 3.50. The molecular formula is C17H21NO2. The first-order valence-corrected chi connectivity index (χ1v) is 7.04. The van der Waals surface area contributed by atoms with Crippen LogP contribution in [-0.4, -0.2) is 29.6 Å². The fraction of sp³-hybridized carbons (Fsp3) is 0.353. The number of nitrogens with zero attached hydrogens (tertiary/aromatic N) is 1. The van der Waals surface area contributed by atoms with Gasteiger partial charge in [0.05, 0.1) is 0 Å². The average Bonchev–Trinajstić information content (AvgIpc) is 2.44. The van der Waals surface area contributed by atoms with E-state index in [1.807, 2.05) is 0 Å². The molecule has 0 radical (unpaired) electrons. The van der Waals surface area contributed by atoms with E-state index in [0.717, 1.165) is 25.9 Å². The Balaban J connectivity index is 1.93. The number of hydrogen-bond donors (Lipinski definition) is 1. The summed E-state index contributed by atoms with van der Waals surface area (Å²) in [6.45, 7) is 1.82. The van der Waals surface area contributed by atoms with Crippen LogP contribution < -0.4 is 0 Å². The fourth-order valence-electron chi connectivity index (χ4n) is 2.46. The van der Waals surface area contributed by atoms with Crippen molar-refractivity contribution in [1.82, 2.24) is 4.90 Å². The van der Waals surface area contributed by atoms with Crippen molar-refractivity contribution in [1.29, 1.82) is 0 Å². The SMILES string of the molecule is CN(CCCCC(=O)O)Cc1cccc2ccccc12. The third-order valence-corrected chi connectivity index (χ3v) is 3.50. The van der Waals surface area contributed by atoms with Crippen LogP contribution in [-0.2, 0) is 11.3 Å². The molecule has 106 valence electrons. The topological polar surface area (TPSA) is 40.5 Å². The largest absolute Gasteiger partial charge is 0.481 e. The highest BCUT2D eigenvalue weighted by Crippen LogP contribution is 2.19. The number of benzene rings is 2. The smallest absolute Gasteiger partial charge is 0.303 e. The molecule has 0 amide bonds. The molecule has 0 unspecified atom stereocenters. The van der Waals surface area contributed by atoms with Gasteiger partial charge in [0, 0.05) is 13.0 Å². The molecule has 2 rings (SSSR count). The molecule has 0 atom stereocenters. The van der Waals surface area contributed by atoms with Crippen molar-refractivity contribution >= 4 is 16.7 Å². The van der Waals surface area contributed by atoms with Crippen molar-refractivity contribution in [2.24, 2.45) is 0 Å². The zero-order valence-electron chi connectivity index (χ0n) is 11.9. The van der Waals surface area contributed by atoms with Gasteiger partial charge in [-0.2, -0.15) is 0 Å². The number of hydrogen-bond acceptors (Lipinski definition) is 2. The zero-order valence-corrected chi connectivity index (χ0v) is 11.9. The van der Waals surface area contributed by atoms with E-state index >= 15 is 0 Å². The van der Waals surface area contributed by atoms with E-state index in [0.29, 0.717) is 0 Å². The highest BCUT2D eigenvalue weighted by Gasteiger charge is 2.05. The second-order valence-corrected chi connectivity index (χ2v) is 5.23. The molecule has 0 aliphatic heterocycles. The Morgan fingerprint density at radius 2 is 1.85 bits per heavy atom. The lowest BCUT2D eigenvalue weighted by atomic mass is 10.0. The van der Waals surface area contributed by atoms with Crippen LogP contribution in [0.5, 0.6) is 0 Å². The number of fused-ring (bicyclic) bond motifs is 1. The van der Waals surface area contributed by atoms with Gasteiger partial charge in [0.2, 0.25) is 0 Å². The van der Waals surface area contributed by atoms with Gasteiger partial charge in [0.25, 0.3) is 0 Å². The molecular weight excluding hydrogens is 250 g/mol. The van der Waals surface area contributed by atoms with Crippen LogP contribution in [0.4, 0.5) is 0 Å². The van der Waals surface area contributed by atoms with Crippen molar-refractivity contribution < 1.29 is 9.90 Å². The van der Waals surface area contributed by atoms with Gasteiger partial charge in [-0.15, -0.1) is 0 Å². The maximum atomic E-state index is 10.5. The molecule has 20 heavy (non-hydrogen) atoms. The van der Waals surface area contributed by atoms with Gasteiger partial charge >= 0.3 is 5.97 Å². The standard InChI is InChI=1S/C17H21NO2/c1-18(12-5-4-11-17(19)20)13-15-9-6-8-14-7-2-3-10-16(14)15/h2-3,6-10H,4-5,11-13H2,1H3,(H,19,20). The van der Waals surface area contributed by atoms with Gasteiger partial charge in [-0.25, -0.2) is 0 Å². The Morgan fingerprint density at radius 1 is 1.10 bits per heavy atom. The number of carboxylic acid groups (broad SMARTS) is 1. The quantitative estimate of drug-likeness (QED) is 0.783. The van der Waals surface area contributed by atoms with E-state index in [4.69, 9.17) is 5.11 Å². The molecule has 0 aromatic heterocycles. The first-order valence-electron chi connectivity index (χ1n) is 7.04. The first-order chi connectivity index (χ1) is 9.66. The fourth-order valence-corrected chi connectivity index (χ4v) is 2.46. The summed E-state index contributed by atoms with van der Waals surface area (Å²) in [4.78, 5) is 12.7. The van der Waals surface area contributed by atoms with E-state index in [1.165, 1.54) is 16.3 Å². The maximum absolute atomic E-state index is 10.5. The monoisotopic (exact) mass is 271 g/mol. The Morgan fingerprint density at radius 3 is 2.65 bits per heavy atom. The summed E-state index contributed by atoms with van der Waals surface area (Å²) in [5, 5.41) is 11.2. The number of aliphatic carboxylic acids is 1. The van der Waals surface area contributed by atoms with E-state index in [-0.39, 0.29) is 6.42 Å². The van der Waals surface area contributed by atoms with Gasteiger partial charge in [-0.05, 0) is 42.8 Å². The molecule has 3 heteroatoms. The lowest BCUT2D eigenvalue weighted by Crippen LogP contribution is -2.19. The predicted molar refractivity (Wildman–Crippen MR) is 81.8 cm³/mol. The highest BCUT2D eigenvalue weighted by molar-refractivity contribution is 5.85. The van der Waals surface area contributed by atoms with Crippen LogP contribution in [0, 0.1) is 0 Å². The lowest BCUT2D eigenvalue weighted by Gasteiger charge is -2.17. The van der Waals surface area contributed by atoms with Crippen molar-refractivity contribution in [3.8, 4) is 0 Å². The summed E-state index contributed by atoms with van der Waals surface area (Å²) in [5.74, 6) is -0.707. The first kappa shape index (κ1) is 14.5. The molecule has 3 nitrogen and oxygen atoms in total. The molecule has 2 aromatic carbocycles. The second-order valence-electron chi connectivity index (χ2n) is 5.23. The number of unbranched alkanes of at least 4 members (excludes halogenated alkanes) is 1. The van der Waals surface area contributed by atoms with Gasteiger partial charge in [-0.3, -0.25) is 4.79 Å². The van der Waals surface area contributed by atoms with E-state index in [2.05, 4.69) is 54.4 Å². The summed E-state index contributed by atoms with van der Waals surface area (Å²) in [6.07, 6.45) is 1.94. The summed E-state index contributed by atoms with van der Waals surface area (Å²) < 4.78 is 0. The Kier molecular flexibility index (Phi) is 5.13. The van der Waals surface area contributed by atoms with Crippen molar-refractivity contribution in [3.05, 3.63) is 48.0 Å². The molecule has 0 aliphatic rings. The normalized spacial score (nSPS) is 11.1. The van der Waals surface area contributed by atoms with Crippen LogP contribution in [0.2, 0.25) is 0 Å². The summed E-state index contributed by atoms with van der Waals surface area (Å²) >= 11 is 0. The minimum atomic E-state index is -0.707. The molecule has 0 spiro atoms. The lowest BCUT2D eigenvalue weighted by molar-refractivity contribution is -0.137. The molecule has 0 heterocycles. The van der Waals surface area contributed by atoms with Crippen LogP contribution in [0.3, 0.4) is 0 Å². The Hall–Kier alpha value is -1.87. The minimum Gasteiger partial charge on any atom is -0.481 e. The molecule has 1 N–H and O–H groups in total. The van der Waals surface area contributed by atoms with Crippen LogP contribution in [0.1, 0.15) is 24.8 Å². The van der Waals surface area contributed by atoms with Crippen LogP contribution in [0.15, 0.2) is 42.5 Å². The molecule has 0 aliphatic carbocycles. The summed E-state index contributed by atoms with van der Waals surface area (Å²) in [6, 6.07) is 14.8. The molecule has 2 aromatic rings. The van der Waals surface area contributed by atoms with Crippen molar-refractivity contribution in [3.63, 3.8) is 0 Å². The van der Waals surface area contributed by atoms with E-state index in [9.17, 15) is 4.79 Å². The second kappa shape index (κ2) is 7.06. The number of carboxylic acids is 1. The van der Waals surface area contributed by atoms with Gasteiger partial charge in [-0.1, -0.05) is 42.5 Å². The van der Waals surface area contributed by atoms with Crippen LogP contribution >= 0.6 is 0 Å². The van der Waals surface area contributed by atoms with E-state index < -0.39 is 5.97 Å². The number of carbonyl (C=O) groups is 1. The van der Waals surface area contributed by atoms with Crippen LogP contribution in [0.25, 0.3) is 10.8 Å².